The van der Waals surface area contributed by atoms with Gasteiger partial charge in [0.15, 0.2) is 5.82 Å². The predicted octanol–water partition coefficient (Wildman–Crippen LogP) is 0.391. The summed E-state index contributed by atoms with van der Waals surface area (Å²) in [5.41, 5.74) is 0. The summed E-state index contributed by atoms with van der Waals surface area (Å²) in [5.74, 6) is 0.481. The summed E-state index contributed by atoms with van der Waals surface area (Å²) in [7, 11) is 0. The number of carbonyl (C=O) groups excluding carboxylic acids is 1. The van der Waals surface area contributed by atoms with Gasteiger partial charge in [0.25, 0.3) is 0 Å². The zero-order valence-corrected chi connectivity index (χ0v) is 10.1. The van der Waals surface area contributed by atoms with E-state index < -0.39 is 0 Å². The summed E-state index contributed by atoms with van der Waals surface area (Å²) in [6.07, 6.45) is 1.85. The zero-order valence-electron chi connectivity index (χ0n) is 10.1. The van der Waals surface area contributed by atoms with Gasteiger partial charge in [0, 0.05) is 24.8 Å². The molecule has 94 valence electrons. The second-order valence-electron chi connectivity index (χ2n) is 4.35. The lowest BCUT2D eigenvalue weighted by molar-refractivity contribution is -0.120. The first-order valence-corrected chi connectivity index (χ1v) is 5.84. The molecule has 17 heavy (non-hydrogen) atoms. The first-order valence-electron chi connectivity index (χ1n) is 5.84. The summed E-state index contributed by atoms with van der Waals surface area (Å²) < 4.78 is 7.04. The third-order valence-corrected chi connectivity index (χ3v) is 2.63. The van der Waals surface area contributed by atoms with Crippen LogP contribution in [-0.2, 0) is 9.53 Å². The molecule has 1 aliphatic rings. The molecule has 1 unspecified atom stereocenters. The first-order chi connectivity index (χ1) is 8.16. The molecule has 6 nitrogen and oxygen atoms in total. The summed E-state index contributed by atoms with van der Waals surface area (Å²) in [6, 6.07) is 1.80. The molecule has 2 N–H and O–H groups in total. The number of carbonyl (C=O) groups is 1. The molecule has 1 atom stereocenters. The van der Waals surface area contributed by atoms with Gasteiger partial charge in [-0.2, -0.15) is 5.10 Å². The zero-order chi connectivity index (χ0) is 12.3. The number of hydrogen-bond acceptors (Lipinski definition) is 4. The van der Waals surface area contributed by atoms with Gasteiger partial charge in [-0.25, -0.2) is 0 Å². The van der Waals surface area contributed by atoms with Crippen molar-refractivity contribution in [3.05, 3.63) is 12.3 Å². The Morgan fingerprint density at radius 3 is 3.12 bits per heavy atom. The minimum absolute atomic E-state index is 0.0984. The van der Waals surface area contributed by atoms with E-state index in [0.717, 1.165) is 0 Å². The largest absolute Gasteiger partial charge is 0.378 e. The van der Waals surface area contributed by atoms with E-state index >= 15 is 0 Å². The molecule has 0 radical (unpaired) electrons. The average molecular weight is 238 g/mol. The summed E-state index contributed by atoms with van der Waals surface area (Å²) in [6.45, 7) is 5.85. The van der Waals surface area contributed by atoms with E-state index in [-0.39, 0.29) is 18.0 Å². The maximum atomic E-state index is 11.8. The number of nitrogens with zero attached hydrogens (tertiary/aromatic N) is 2. The van der Waals surface area contributed by atoms with Crippen LogP contribution in [0.1, 0.15) is 19.9 Å². The highest BCUT2D eigenvalue weighted by molar-refractivity contribution is 5.94. The Balaban J connectivity index is 1.92. The number of aromatic nitrogens is 2. The molecule has 1 aliphatic heterocycles. The van der Waals surface area contributed by atoms with Gasteiger partial charge in [0.2, 0.25) is 5.91 Å². The summed E-state index contributed by atoms with van der Waals surface area (Å²) in [4.78, 5) is 11.8. The van der Waals surface area contributed by atoms with E-state index in [1.807, 2.05) is 20.0 Å². The highest BCUT2D eigenvalue weighted by Crippen LogP contribution is 2.08. The van der Waals surface area contributed by atoms with Crippen LogP contribution in [0.25, 0.3) is 0 Å². The number of ether oxygens (including phenoxy) is 1. The molecule has 2 rings (SSSR count). The van der Waals surface area contributed by atoms with Crippen molar-refractivity contribution in [1.29, 1.82) is 0 Å². The standard InChI is InChI=1S/C11H18N4O2/c1-8(2)15-5-3-10(14-15)13-11(16)9-7-17-6-4-12-9/h3,5,8-9,12H,4,6-7H2,1-2H3,(H,13,14,16). The molecule has 1 aromatic heterocycles. The van der Waals surface area contributed by atoms with E-state index in [9.17, 15) is 4.79 Å². The minimum atomic E-state index is -0.284. The fourth-order valence-corrected chi connectivity index (χ4v) is 1.64. The van der Waals surface area contributed by atoms with E-state index in [1.54, 1.807) is 10.7 Å². The van der Waals surface area contributed by atoms with Crippen LogP contribution in [0.2, 0.25) is 0 Å². The molecular weight excluding hydrogens is 220 g/mol. The number of rotatable bonds is 3. The monoisotopic (exact) mass is 238 g/mol. The van der Waals surface area contributed by atoms with Crippen LogP contribution in [0, 0.1) is 0 Å². The molecule has 1 aromatic rings. The maximum Gasteiger partial charge on any atom is 0.245 e. The molecule has 1 amide bonds. The van der Waals surface area contributed by atoms with Gasteiger partial charge in [-0.05, 0) is 13.8 Å². The van der Waals surface area contributed by atoms with E-state index in [1.165, 1.54) is 0 Å². The molecule has 0 aliphatic carbocycles. The molecular formula is C11H18N4O2. The average Bonchev–Trinajstić information content (AvgIpc) is 2.79. The molecule has 6 heteroatoms. The van der Waals surface area contributed by atoms with E-state index in [4.69, 9.17) is 4.74 Å². The van der Waals surface area contributed by atoms with Crippen LogP contribution in [-0.4, -0.2) is 41.5 Å². The minimum Gasteiger partial charge on any atom is -0.378 e. The second-order valence-corrected chi connectivity index (χ2v) is 4.35. The third-order valence-electron chi connectivity index (χ3n) is 2.63. The van der Waals surface area contributed by atoms with Crippen molar-refractivity contribution in [1.82, 2.24) is 15.1 Å². The lowest BCUT2D eigenvalue weighted by Gasteiger charge is -2.22. The Morgan fingerprint density at radius 1 is 1.71 bits per heavy atom. The number of amides is 1. The van der Waals surface area contributed by atoms with Gasteiger partial charge < -0.3 is 15.4 Å². The summed E-state index contributed by atoms with van der Waals surface area (Å²) in [5, 5.41) is 10.1. The number of hydrogen-bond donors (Lipinski definition) is 2. The Hall–Kier alpha value is -1.40. The van der Waals surface area contributed by atoms with Crippen molar-refractivity contribution in [3.63, 3.8) is 0 Å². The summed E-state index contributed by atoms with van der Waals surface area (Å²) >= 11 is 0. The Bertz CT molecular complexity index is 383. The molecule has 2 heterocycles. The Morgan fingerprint density at radius 2 is 2.53 bits per heavy atom. The number of morpholine rings is 1. The van der Waals surface area contributed by atoms with Crippen molar-refractivity contribution >= 4 is 11.7 Å². The van der Waals surface area contributed by atoms with Gasteiger partial charge in [-0.3, -0.25) is 9.48 Å². The van der Waals surface area contributed by atoms with Crippen molar-refractivity contribution in [2.75, 3.05) is 25.1 Å². The molecule has 1 saturated heterocycles. The number of nitrogens with one attached hydrogen (secondary N) is 2. The topological polar surface area (TPSA) is 68.2 Å². The van der Waals surface area contributed by atoms with Gasteiger partial charge in [0.05, 0.1) is 13.2 Å². The Labute approximate surface area is 100 Å². The third kappa shape index (κ3) is 3.04. The normalized spacial score (nSPS) is 20.5. The lowest BCUT2D eigenvalue weighted by atomic mass is 10.2. The Kier molecular flexibility index (Phi) is 3.75. The van der Waals surface area contributed by atoms with Crippen LogP contribution < -0.4 is 10.6 Å². The van der Waals surface area contributed by atoms with Crippen molar-refractivity contribution in [3.8, 4) is 0 Å². The van der Waals surface area contributed by atoms with Crippen LogP contribution in [0.5, 0.6) is 0 Å². The fourth-order valence-electron chi connectivity index (χ4n) is 1.64. The van der Waals surface area contributed by atoms with Gasteiger partial charge in [0.1, 0.15) is 6.04 Å². The van der Waals surface area contributed by atoms with Crippen LogP contribution in [0.4, 0.5) is 5.82 Å². The van der Waals surface area contributed by atoms with Crippen molar-refractivity contribution < 1.29 is 9.53 Å². The van der Waals surface area contributed by atoms with E-state index in [0.29, 0.717) is 25.6 Å². The quantitative estimate of drug-likeness (QED) is 0.799. The molecule has 0 spiro atoms. The lowest BCUT2D eigenvalue weighted by Crippen LogP contribution is -2.48. The van der Waals surface area contributed by atoms with Gasteiger partial charge in [-0.1, -0.05) is 0 Å². The van der Waals surface area contributed by atoms with Crippen LogP contribution >= 0.6 is 0 Å². The molecule has 0 bridgehead atoms. The SMILES string of the molecule is CC(C)n1ccc(NC(=O)C2COCCN2)n1. The molecule has 0 saturated carbocycles. The van der Waals surface area contributed by atoms with Gasteiger partial charge in [-0.15, -0.1) is 0 Å². The molecule has 0 aromatic carbocycles. The fraction of sp³-hybridized carbons (Fsp3) is 0.636. The van der Waals surface area contributed by atoms with Crippen LogP contribution in [0.3, 0.4) is 0 Å². The highest BCUT2D eigenvalue weighted by atomic mass is 16.5. The predicted molar refractivity (Wildman–Crippen MR) is 63.9 cm³/mol. The highest BCUT2D eigenvalue weighted by Gasteiger charge is 2.21. The van der Waals surface area contributed by atoms with E-state index in [2.05, 4.69) is 15.7 Å². The number of anilines is 1. The molecule has 1 fully saturated rings. The first kappa shape index (κ1) is 12.1. The van der Waals surface area contributed by atoms with Gasteiger partial charge >= 0.3 is 0 Å². The smallest absolute Gasteiger partial charge is 0.245 e. The maximum absolute atomic E-state index is 11.8. The second kappa shape index (κ2) is 5.29. The van der Waals surface area contributed by atoms with Crippen molar-refractivity contribution in [2.45, 2.75) is 25.9 Å². The van der Waals surface area contributed by atoms with Crippen molar-refractivity contribution in [2.24, 2.45) is 0 Å². The van der Waals surface area contributed by atoms with Crippen LogP contribution in [0.15, 0.2) is 12.3 Å².